The highest BCUT2D eigenvalue weighted by Gasteiger charge is 2.14. The van der Waals surface area contributed by atoms with E-state index in [1.165, 1.54) is 20.8 Å². The van der Waals surface area contributed by atoms with Gasteiger partial charge < -0.3 is 7.79 Å². The fourth-order valence-corrected chi connectivity index (χ4v) is 19.3. The van der Waals surface area contributed by atoms with E-state index < -0.39 is 0 Å². The van der Waals surface area contributed by atoms with Crippen molar-refractivity contribution in [2.45, 2.75) is 0 Å². The molecule has 0 spiro atoms. The number of hydrogen-bond donors (Lipinski definition) is 0. The maximum Gasteiger partial charge on any atom is 0.146 e. The van der Waals surface area contributed by atoms with Gasteiger partial charge in [-0.25, -0.2) is 0 Å². The highest BCUT2D eigenvalue weighted by molar-refractivity contribution is 6.77. The second-order valence-electron chi connectivity index (χ2n) is 1.99. The Morgan fingerprint density at radius 3 is 1.33 bits per heavy atom. The molecule has 36 valence electrons. The molecule has 0 amide bonds. The minimum Gasteiger partial charge on any atom is -0.363 e. The zero-order valence-electron chi connectivity index (χ0n) is 4.31. The number of nitrogens with zero attached hydrogens (tertiary/aromatic N) is 2. The summed E-state index contributed by atoms with van der Waals surface area (Å²) in [5, 5.41) is 0. The quantitative estimate of drug-likeness (QED) is 0.320. The zero-order valence-corrected chi connectivity index (χ0v) is 11.1. The van der Waals surface area contributed by atoms with Crippen LogP contribution in [0, 0.1) is 0 Å². The van der Waals surface area contributed by atoms with Gasteiger partial charge in [0, 0.05) is 0 Å². The molecule has 6 heteroatoms. The topological polar surface area (TPSA) is 6.48 Å². The molecule has 0 aromatic carbocycles. The molecule has 0 N–H and O–H groups in total. The molecule has 0 bridgehead atoms. The summed E-state index contributed by atoms with van der Waals surface area (Å²) in [6.07, 6.45) is 0. The zero-order chi connectivity index (χ0) is 4.57. The average Bonchev–Trinajstić information content (AvgIpc) is 1.33. The van der Waals surface area contributed by atoms with Crippen molar-refractivity contribution in [1.29, 1.82) is 0 Å². The minimum absolute atomic E-state index is 0.306. The molecule has 6 heavy (non-hydrogen) atoms. The van der Waals surface area contributed by atoms with Crippen LogP contribution in [-0.2, 0) is 0 Å². The summed E-state index contributed by atoms with van der Waals surface area (Å²) in [4.78, 5) is 0. The van der Waals surface area contributed by atoms with Crippen LogP contribution in [0.5, 0.6) is 0 Å². The second kappa shape index (κ2) is 1.72. The van der Waals surface area contributed by atoms with Crippen LogP contribution in [-0.4, -0.2) is 48.3 Å². The van der Waals surface area contributed by atoms with Gasteiger partial charge in [0.15, 0.2) is 0 Å². The Bertz CT molecular complexity index is 41.5. The van der Waals surface area contributed by atoms with E-state index in [1.54, 1.807) is 0 Å². The Morgan fingerprint density at radius 2 is 1.33 bits per heavy atom. The molecule has 0 saturated carbocycles. The van der Waals surface area contributed by atoms with Crippen molar-refractivity contribution in [3.05, 3.63) is 0 Å². The first-order valence-electron chi connectivity index (χ1n) is 2.16. The van der Waals surface area contributed by atoms with Gasteiger partial charge in [0.25, 0.3) is 0 Å². The third kappa shape index (κ3) is 0.889. The Kier molecular flexibility index (Phi) is 1.41. The first kappa shape index (κ1) is 4.93. The smallest absolute Gasteiger partial charge is 0.146 e. The van der Waals surface area contributed by atoms with Gasteiger partial charge in [-0.1, -0.05) is 0 Å². The minimum atomic E-state index is 0.306. The van der Waals surface area contributed by atoms with Crippen molar-refractivity contribution in [2.24, 2.45) is 0 Å². The second-order valence-corrected chi connectivity index (χ2v) is 16.3. The molecule has 0 unspecified atom stereocenters. The SMILES string of the molecule is [SiH3]N1[SiH2]N([SiH3])[SiH2]1. The molecule has 1 saturated heterocycles. The van der Waals surface area contributed by atoms with E-state index in [1.807, 2.05) is 0 Å². The molecule has 0 aliphatic carbocycles. The summed E-state index contributed by atoms with van der Waals surface area (Å²) >= 11 is 0. The van der Waals surface area contributed by atoms with Gasteiger partial charge in [-0.3, -0.25) is 0 Å². The highest BCUT2D eigenvalue weighted by atomic mass is 28.4. The largest absolute Gasteiger partial charge is 0.363 e. The van der Waals surface area contributed by atoms with E-state index in [4.69, 9.17) is 0 Å². The van der Waals surface area contributed by atoms with Crippen molar-refractivity contribution in [1.82, 2.24) is 7.79 Å². The van der Waals surface area contributed by atoms with Gasteiger partial charge in [0.1, 0.15) is 19.7 Å². The molecule has 1 aliphatic rings. The molecule has 2 nitrogen and oxygen atoms in total. The molecular formula is H10N2Si4. The summed E-state index contributed by atoms with van der Waals surface area (Å²) in [6, 6.07) is 0. The van der Waals surface area contributed by atoms with Crippen LogP contribution < -0.4 is 0 Å². The van der Waals surface area contributed by atoms with Crippen molar-refractivity contribution < 1.29 is 0 Å². The lowest BCUT2D eigenvalue weighted by molar-refractivity contribution is 0.826. The fraction of sp³-hybridized carbons (Fsp3) is 0. The Hall–Kier alpha value is 0.788. The lowest BCUT2D eigenvalue weighted by Crippen LogP contribution is -2.58. The normalized spacial score (nSPS) is 36.0. The summed E-state index contributed by atoms with van der Waals surface area (Å²) in [5.41, 5.74) is 0. The van der Waals surface area contributed by atoms with Crippen molar-refractivity contribution in [2.75, 3.05) is 0 Å². The van der Waals surface area contributed by atoms with Gasteiger partial charge in [0.2, 0.25) is 0 Å². The summed E-state index contributed by atoms with van der Waals surface area (Å²) < 4.78 is 5.40. The molecule has 1 fully saturated rings. The predicted molar refractivity (Wildman–Crippen MR) is 40.6 cm³/mol. The maximum atomic E-state index is 2.70. The van der Waals surface area contributed by atoms with E-state index in [2.05, 4.69) is 7.79 Å². The first-order chi connectivity index (χ1) is 2.79. The molecule has 1 aliphatic heterocycles. The van der Waals surface area contributed by atoms with Crippen molar-refractivity contribution in [3.8, 4) is 0 Å². The summed E-state index contributed by atoms with van der Waals surface area (Å²) in [6.45, 7) is 0. The molecule has 0 aromatic rings. The van der Waals surface area contributed by atoms with Crippen LogP contribution in [0.15, 0.2) is 0 Å². The van der Waals surface area contributed by atoms with Crippen LogP contribution in [0.2, 0.25) is 0 Å². The van der Waals surface area contributed by atoms with Gasteiger partial charge in [0.05, 0.1) is 20.8 Å². The Morgan fingerprint density at radius 1 is 1.00 bits per heavy atom. The van der Waals surface area contributed by atoms with Crippen LogP contribution >= 0.6 is 0 Å². The number of rotatable bonds is 0. The molecule has 1 rings (SSSR count). The summed E-state index contributed by atoms with van der Waals surface area (Å²) in [5.74, 6) is 0. The lowest BCUT2D eigenvalue weighted by atomic mass is 13.7. The van der Waals surface area contributed by atoms with E-state index in [9.17, 15) is 0 Å². The van der Waals surface area contributed by atoms with Crippen LogP contribution in [0.25, 0.3) is 0 Å². The molecule has 0 radical (unpaired) electrons. The number of hydrogen-bond acceptors (Lipinski definition) is 2. The van der Waals surface area contributed by atoms with Crippen molar-refractivity contribution >= 4 is 40.5 Å². The third-order valence-electron chi connectivity index (χ3n) is 0.966. The van der Waals surface area contributed by atoms with Gasteiger partial charge >= 0.3 is 0 Å². The van der Waals surface area contributed by atoms with Crippen LogP contribution in [0.3, 0.4) is 0 Å². The van der Waals surface area contributed by atoms with Crippen LogP contribution in [0.1, 0.15) is 0 Å². The standard InChI is InChI=1S/H10N2Si4/c3-1-5-2(4)6-1/h5-6H2,3-4H3. The maximum absolute atomic E-state index is 2.70. The van der Waals surface area contributed by atoms with E-state index in [0.29, 0.717) is 19.7 Å². The van der Waals surface area contributed by atoms with Gasteiger partial charge in [-0.15, -0.1) is 0 Å². The van der Waals surface area contributed by atoms with Gasteiger partial charge in [-0.2, -0.15) is 0 Å². The first-order valence-corrected chi connectivity index (χ1v) is 6.48. The third-order valence-corrected chi connectivity index (χ3v) is 8.69. The molecule has 0 aromatic heterocycles. The van der Waals surface area contributed by atoms with Gasteiger partial charge in [-0.05, 0) is 0 Å². The fourth-order valence-electron chi connectivity index (χ4n) is 0.783. The van der Waals surface area contributed by atoms with E-state index in [0.717, 1.165) is 0 Å². The van der Waals surface area contributed by atoms with E-state index >= 15 is 0 Å². The molecular weight excluding hydrogens is 140 g/mol. The van der Waals surface area contributed by atoms with Crippen LogP contribution in [0.4, 0.5) is 0 Å². The highest BCUT2D eigenvalue weighted by Crippen LogP contribution is 1.89. The summed E-state index contributed by atoms with van der Waals surface area (Å²) in [7, 11) is 3.38. The monoisotopic (exact) mass is 150 g/mol. The van der Waals surface area contributed by atoms with Crippen molar-refractivity contribution in [3.63, 3.8) is 0 Å². The average molecular weight is 150 g/mol. The lowest BCUT2D eigenvalue weighted by Gasteiger charge is -2.37. The Labute approximate surface area is 48.9 Å². The molecule has 0 atom stereocenters. The van der Waals surface area contributed by atoms with E-state index in [-0.39, 0.29) is 0 Å². The Balaban J connectivity index is 2.11. The predicted octanol–water partition coefficient (Wildman–Crippen LogP) is -4.84. The molecule has 1 heterocycles.